The smallest absolute Gasteiger partial charge is 0.272 e. The standard InChI is InChI=1S/C20H20BrN3O2/c1-2-11-24(13-14-7-3-6-10-17(14)21)19(25)12-18-15-8-4-5-9-16(15)20(26)23-22-18/h3-10H,2,11-13H2,1H3,(H,23,26). The molecular formula is C20H20BrN3O2. The first-order valence-corrected chi connectivity index (χ1v) is 9.37. The van der Waals surface area contributed by atoms with E-state index in [-0.39, 0.29) is 17.9 Å². The minimum Gasteiger partial charge on any atom is -0.338 e. The van der Waals surface area contributed by atoms with Crippen molar-refractivity contribution in [3.8, 4) is 0 Å². The quantitative estimate of drug-likeness (QED) is 0.670. The lowest BCUT2D eigenvalue weighted by atomic mass is 10.1. The molecule has 3 rings (SSSR count). The average molecular weight is 414 g/mol. The molecule has 0 fully saturated rings. The van der Waals surface area contributed by atoms with Crippen LogP contribution in [-0.2, 0) is 17.8 Å². The topological polar surface area (TPSA) is 66.1 Å². The average Bonchev–Trinajstić information content (AvgIpc) is 2.65. The summed E-state index contributed by atoms with van der Waals surface area (Å²) >= 11 is 3.54. The number of nitrogens with zero attached hydrogens (tertiary/aromatic N) is 2. The van der Waals surface area contributed by atoms with Crippen LogP contribution < -0.4 is 5.56 Å². The minimum absolute atomic E-state index is 0.00712. The summed E-state index contributed by atoms with van der Waals surface area (Å²) in [6.45, 7) is 3.25. The van der Waals surface area contributed by atoms with Crippen LogP contribution in [0.2, 0.25) is 0 Å². The number of aromatic nitrogens is 2. The van der Waals surface area contributed by atoms with Crippen LogP contribution in [0.1, 0.15) is 24.6 Å². The van der Waals surface area contributed by atoms with Gasteiger partial charge in [0.25, 0.3) is 5.56 Å². The second-order valence-electron chi connectivity index (χ2n) is 6.13. The van der Waals surface area contributed by atoms with E-state index in [4.69, 9.17) is 0 Å². The van der Waals surface area contributed by atoms with Crippen LogP contribution in [0.25, 0.3) is 10.8 Å². The maximum absolute atomic E-state index is 12.9. The summed E-state index contributed by atoms with van der Waals surface area (Å²) in [5.74, 6) is -0.00712. The number of H-pyrrole nitrogens is 1. The first-order valence-electron chi connectivity index (χ1n) is 8.57. The molecule has 134 valence electrons. The number of rotatable bonds is 6. The maximum atomic E-state index is 12.9. The Morgan fingerprint density at radius 1 is 1.12 bits per heavy atom. The number of fused-ring (bicyclic) bond motifs is 1. The Hall–Kier alpha value is -2.47. The molecule has 1 heterocycles. The predicted molar refractivity (Wildman–Crippen MR) is 106 cm³/mol. The molecule has 0 atom stereocenters. The zero-order valence-corrected chi connectivity index (χ0v) is 16.1. The van der Waals surface area contributed by atoms with Gasteiger partial charge < -0.3 is 4.90 Å². The number of hydrogen-bond donors (Lipinski definition) is 1. The van der Waals surface area contributed by atoms with Crippen molar-refractivity contribution in [1.82, 2.24) is 15.1 Å². The number of hydrogen-bond acceptors (Lipinski definition) is 3. The van der Waals surface area contributed by atoms with Crippen LogP contribution >= 0.6 is 15.9 Å². The summed E-state index contributed by atoms with van der Waals surface area (Å²) in [6, 6.07) is 15.1. The minimum atomic E-state index is -0.240. The normalized spacial score (nSPS) is 10.8. The first-order chi connectivity index (χ1) is 12.6. The monoisotopic (exact) mass is 413 g/mol. The molecular weight excluding hydrogens is 394 g/mol. The molecule has 2 aromatic carbocycles. The SMILES string of the molecule is CCCN(Cc1ccccc1Br)C(=O)Cc1n[nH]c(=O)c2ccccc12. The lowest BCUT2D eigenvalue weighted by Gasteiger charge is -2.23. The number of aromatic amines is 1. The molecule has 0 radical (unpaired) electrons. The van der Waals surface area contributed by atoms with E-state index in [1.165, 1.54) is 0 Å². The van der Waals surface area contributed by atoms with E-state index in [9.17, 15) is 9.59 Å². The van der Waals surface area contributed by atoms with Gasteiger partial charge in [0, 0.05) is 22.9 Å². The van der Waals surface area contributed by atoms with Crippen LogP contribution in [0.15, 0.2) is 57.8 Å². The Labute approximate surface area is 160 Å². The second-order valence-corrected chi connectivity index (χ2v) is 6.98. The third-order valence-corrected chi connectivity index (χ3v) is 5.03. The van der Waals surface area contributed by atoms with E-state index >= 15 is 0 Å². The van der Waals surface area contributed by atoms with Crippen LogP contribution in [-0.4, -0.2) is 27.5 Å². The lowest BCUT2D eigenvalue weighted by molar-refractivity contribution is -0.131. The molecule has 0 saturated carbocycles. The Bertz CT molecular complexity index is 984. The van der Waals surface area contributed by atoms with Gasteiger partial charge in [0.15, 0.2) is 0 Å². The molecule has 0 aliphatic heterocycles. The molecule has 3 aromatic rings. The third-order valence-electron chi connectivity index (χ3n) is 4.26. The Kier molecular flexibility index (Phi) is 5.83. The molecule has 6 heteroatoms. The molecule has 26 heavy (non-hydrogen) atoms. The Balaban J connectivity index is 1.86. The van der Waals surface area contributed by atoms with Gasteiger partial charge in [-0.2, -0.15) is 5.10 Å². The van der Waals surface area contributed by atoms with E-state index in [1.807, 2.05) is 48.2 Å². The van der Waals surface area contributed by atoms with Gasteiger partial charge in [0.1, 0.15) is 0 Å². The summed E-state index contributed by atoms with van der Waals surface area (Å²) in [5.41, 5.74) is 1.42. The number of carbonyl (C=O) groups excluding carboxylic acids is 1. The molecule has 5 nitrogen and oxygen atoms in total. The van der Waals surface area contributed by atoms with Crippen molar-refractivity contribution in [1.29, 1.82) is 0 Å². The van der Waals surface area contributed by atoms with Crippen molar-refractivity contribution >= 4 is 32.6 Å². The predicted octanol–water partition coefficient (Wildman–Crippen LogP) is 3.67. The van der Waals surface area contributed by atoms with Gasteiger partial charge in [-0.15, -0.1) is 0 Å². The van der Waals surface area contributed by atoms with Gasteiger partial charge in [-0.3, -0.25) is 9.59 Å². The van der Waals surface area contributed by atoms with Crippen molar-refractivity contribution in [2.75, 3.05) is 6.54 Å². The molecule has 0 unspecified atom stereocenters. The zero-order valence-electron chi connectivity index (χ0n) is 14.5. The fraction of sp³-hybridized carbons (Fsp3) is 0.250. The summed E-state index contributed by atoms with van der Waals surface area (Å²) in [5, 5.41) is 7.89. The molecule has 0 bridgehead atoms. The van der Waals surface area contributed by atoms with Crippen LogP contribution in [0.5, 0.6) is 0 Å². The number of nitrogens with one attached hydrogen (secondary N) is 1. The van der Waals surface area contributed by atoms with E-state index in [0.717, 1.165) is 21.8 Å². The highest BCUT2D eigenvalue weighted by Gasteiger charge is 2.17. The third kappa shape index (κ3) is 4.02. The van der Waals surface area contributed by atoms with Gasteiger partial charge in [-0.1, -0.05) is 59.3 Å². The molecule has 1 amide bonds. The van der Waals surface area contributed by atoms with E-state index < -0.39 is 0 Å². The summed E-state index contributed by atoms with van der Waals surface area (Å²) < 4.78 is 0.988. The van der Waals surface area contributed by atoms with Gasteiger partial charge in [0.05, 0.1) is 17.5 Å². The maximum Gasteiger partial charge on any atom is 0.272 e. The van der Waals surface area contributed by atoms with Gasteiger partial charge in [-0.05, 0) is 24.1 Å². The van der Waals surface area contributed by atoms with E-state index in [1.54, 1.807) is 12.1 Å². The van der Waals surface area contributed by atoms with Crippen molar-refractivity contribution < 1.29 is 4.79 Å². The van der Waals surface area contributed by atoms with E-state index in [0.29, 0.717) is 24.2 Å². The Morgan fingerprint density at radius 2 is 1.81 bits per heavy atom. The van der Waals surface area contributed by atoms with Crippen LogP contribution in [0.3, 0.4) is 0 Å². The van der Waals surface area contributed by atoms with Crippen molar-refractivity contribution in [3.63, 3.8) is 0 Å². The number of benzene rings is 2. The highest BCUT2D eigenvalue weighted by molar-refractivity contribution is 9.10. The van der Waals surface area contributed by atoms with Crippen molar-refractivity contribution in [3.05, 3.63) is 74.6 Å². The summed E-state index contributed by atoms with van der Waals surface area (Å²) in [6.07, 6.45) is 1.03. The van der Waals surface area contributed by atoms with Crippen LogP contribution in [0, 0.1) is 0 Å². The van der Waals surface area contributed by atoms with Gasteiger partial charge in [-0.25, -0.2) is 5.10 Å². The number of amides is 1. The molecule has 0 aliphatic rings. The molecule has 1 N–H and O–H groups in total. The van der Waals surface area contributed by atoms with E-state index in [2.05, 4.69) is 26.1 Å². The molecule has 1 aromatic heterocycles. The second kappa shape index (κ2) is 8.27. The van der Waals surface area contributed by atoms with Gasteiger partial charge in [0.2, 0.25) is 5.91 Å². The molecule has 0 spiro atoms. The Morgan fingerprint density at radius 3 is 2.54 bits per heavy atom. The number of carbonyl (C=O) groups is 1. The lowest BCUT2D eigenvalue weighted by Crippen LogP contribution is -2.33. The van der Waals surface area contributed by atoms with Crippen LogP contribution in [0.4, 0.5) is 0 Å². The highest BCUT2D eigenvalue weighted by Crippen LogP contribution is 2.19. The summed E-state index contributed by atoms with van der Waals surface area (Å²) in [7, 11) is 0. The summed E-state index contributed by atoms with van der Waals surface area (Å²) in [4.78, 5) is 26.7. The molecule has 0 saturated heterocycles. The number of halogens is 1. The van der Waals surface area contributed by atoms with Crippen molar-refractivity contribution in [2.45, 2.75) is 26.3 Å². The fourth-order valence-corrected chi connectivity index (χ4v) is 3.37. The van der Waals surface area contributed by atoms with Gasteiger partial charge >= 0.3 is 0 Å². The molecule has 0 aliphatic carbocycles. The first kappa shape index (κ1) is 18.3. The zero-order chi connectivity index (χ0) is 18.5. The van der Waals surface area contributed by atoms with Crippen molar-refractivity contribution in [2.24, 2.45) is 0 Å². The highest BCUT2D eigenvalue weighted by atomic mass is 79.9. The largest absolute Gasteiger partial charge is 0.338 e. The fourth-order valence-electron chi connectivity index (χ4n) is 2.96.